The third-order valence-electron chi connectivity index (χ3n) is 3.27. The molecule has 0 aromatic carbocycles. The number of likely N-dealkylation sites (tertiary alicyclic amines) is 1. The molecule has 1 aromatic heterocycles. The summed E-state index contributed by atoms with van der Waals surface area (Å²) in [6.07, 6.45) is 2.48. The van der Waals surface area contributed by atoms with Gasteiger partial charge in [-0.05, 0) is 32.0 Å². The van der Waals surface area contributed by atoms with Crippen LogP contribution in [-0.2, 0) is 0 Å². The van der Waals surface area contributed by atoms with Crippen LogP contribution in [0, 0.1) is 27.4 Å². The standard InChI is InChI=1S/C12H15N5O2/c1-16-5-3-9(8-16)7-15-12-11(17(18)19)10(6-13)2-4-14-12/h2,4,9H,3,5,7-8H2,1H3,(H,14,15). The first-order valence-electron chi connectivity index (χ1n) is 6.07. The van der Waals surface area contributed by atoms with Gasteiger partial charge in [-0.3, -0.25) is 10.1 Å². The summed E-state index contributed by atoms with van der Waals surface area (Å²) in [5.74, 6) is 0.635. The smallest absolute Gasteiger partial charge is 0.328 e. The van der Waals surface area contributed by atoms with E-state index in [0.717, 1.165) is 19.5 Å². The van der Waals surface area contributed by atoms with E-state index in [1.165, 1.54) is 12.3 Å². The van der Waals surface area contributed by atoms with E-state index in [2.05, 4.69) is 22.2 Å². The normalized spacial score (nSPS) is 19.1. The number of nitrogens with zero attached hydrogens (tertiary/aromatic N) is 4. The first kappa shape index (κ1) is 13.2. The van der Waals surface area contributed by atoms with Gasteiger partial charge >= 0.3 is 5.69 Å². The summed E-state index contributed by atoms with van der Waals surface area (Å²) >= 11 is 0. The lowest BCUT2D eigenvalue weighted by molar-refractivity contribution is -0.384. The zero-order valence-electron chi connectivity index (χ0n) is 10.7. The van der Waals surface area contributed by atoms with Gasteiger partial charge in [-0.25, -0.2) is 4.98 Å². The summed E-state index contributed by atoms with van der Waals surface area (Å²) < 4.78 is 0. The van der Waals surface area contributed by atoms with Gasteiger partial charge in [-0.2, -0.15) is 5.26 Å². The van der Waals surface area contributed by atoms with Gasteiger partial charge in [0.1, 0.15) is 11.6 Å². The summed E-state index contributed by atoms with van der Waals surface area (Å²) in [5, 5.41) is 22.9. The van der Waals surface area contributed by atoms with E-state index in [4.69, 9.17) is 5.26 Å². The van der Waals surface area contributed by atoms with E-state index in [0.29, 0.717) is 12.5 Å². The fourth-order valence-electron chi connectivity index (χ4n) is 2.29. The van der Waals surface area contributed by atoms with Gasteiger partial charge in [0.2, 0.25) is 5.82 Å². The predicted molar refractivity (Wildman–Crippen MR) is 69.7 cm³/mol. The van der Waals surface area contributed by atoms with Crippen molar-refractivity contribution in [2.45, 2.75) is 6.42 Å². The van der Waals surface area contributed by atoms with E-state index >= 15 is 0 Å². The van der Waals surface area contributed by atoms with Crippen molar-refractivity contribution in [3.05, 3.63) is 27.9 Å². The first-order valence-corrected chi connectivity index (χ1v) is 6.07. The van der Waals surface area contributed by atoms with Gasteiger partial charge in [-0.15, -0.1) is 0 Å². The van der Waals surface area contributed by atoms with Gasteiger partial charge in [0.05, 0.1) is 4.92 Å². The third kappa shape index (κ3) is 2.98. The molecule has 0 bridgehead atoms. The topological polar surface area (TPSA) is 95.1 Å². The molecule has 1 aliphatic rings. The summed E-state index contributed by atoms with van der Waals surface area (Å²) in [7, 11) is 2.05. The maximum atomic E-state index is 11.0. The van der Waals surface area contributed by atoms with E-state index in [9.17, 15) is 10.1 Å². The van der Waals surface area contributed by atoms with Gasteiger partial charge in [0, 0.05) is 19.3 Å². The van der Waals surface area contributed by atoms with Gasteiger partial charge in [0.25, 0.3) is 0 Å². The molecule has 0 saturated carbocycles. The van der Waals surface area contributed by atoms with Crippen molar-refractivity contribution < 1.29 is 4.92 Å². The Kier molecular flexibility index (Phi) is 3.92. The number of nitro groups is 1. The van der Waals surface area contributed by atoms with Crippen LogP contribution in [0.25, 0.3) is 0 Å². The highest BCUT2D eigenvalue weighted by Gasteiger charge is 2.23. The minimum Gasteiger partial charge on any atom is -0.364 e. The van der Waals surface area contributed by atoms with Crippen LogP contribution in [0.3, 0.4) is 0 Å². The average Bonchev–Trinajstić information content (AvgIpc) is 2.81. The number of nitriles is 1. The van der Waals surface area contributed by atoms with Crippen LogP contribution < -0.4 is 5.32 Å². The molecule has 100 valence electrons. The molecule has 1 atom stereocenters. The molecule has 0 aliphatic carbocycles. The lowest BCUT2D eigenvalue weighted by atomic mass is 10.1. The predicted octanol–water partition coefficient (Wildman–Crippen LogP) is 1.23. The van der Waals surface area contributed by atoms with E-state index in [-0.39, 0.29) is 17.1 Å². The lowest BCUT2D eigenvalue weighted by Crippen LogP contribution is -2.20. The van der Waals surface area contributed by atoms with Gasteiger partial charge < -0.3 is 10.2 Å². The van der Waals surface area contributed by atoms with Crippen LogP contribution in [0.15, 0.2) is 12.3 Å². The molecule has 2 rings (SSSR count). The summed E-state index contributed by atoms with van der Waals surface area (Å²) in [6.45, 7) is 2.64. The molecular formula is C12H15N5O2. The van der Waals surface area contributed by atoms with Crippen molar-refractivity contribution in [1.82, 2.24) is 9.88 Å². The van der Waals surface area contributed by atoms with Crippen LogP contribution in [0.4, 0.5) is 11.5 Å². The minimum absolute atomic E-state index is 0.0334. The zero-order valence-corrected chi connectivity index (χ0v) is 10.7. The quantitative estimate of drug-likeness (QED) is 0.647. The largest absolute Gasteiger partial charge is 0.364 e. The van der Waals surface area contributed by atoms with Crippen molar-refractivity contribution in [3.8, 4) is 6.07 Å². The maximum Gasteiger partial charge on any atom is 0.328 e. The Morgan fingerprint density at radius 3 is 3.11 bits per heavy atom. The Morgan fingerprint density at radius 2 is 2.53 bits per heavy atom. The second-order valence-corrected chi connectivity index (χ2v) is 4.72. The molecule has 1 N–H and O–H groups in total. The van der Waals surface area contributed by atoms with Crippen molar-refractivity contribution in [2.24, 2.45) is 5.92 Å². The summed E-state index contributed by atoms with van der Waals surface area (Å²) in [5.41, 5.74) is -0.206. The van der Waals surface area contributed by atoms with E-state index < -0.39 is 4.92 Å². The van der Waals surface area contributed by atoms with Gasteiger partial charge in [-0.1, -0.05) is 0 Å². The number of nitrogens with one attached hydrogen (secondary N) is 1. The third-order valence-corrected chi connectivity index (χ3v) is 3.27. The Morgan fingerprint density at radius 1 is 1.74 bits per heavy atom. The number of rotatable bonds is 4. The summed E-state index contributed by atoms with van der Waals surface area (Å²) in [4.78, 5) is 16.6. The molecule has 19 heavy (non-hydrogen) atoms. The molecule has 0 radical (unpaired) electrons. The molecule has 1 saturated heterocycles. The maximum absolute atomic E-state index is 11.0. The van der Waals surface area contributed by atoms with Crippen LogP contribution >= 0.6 is 0 Å². The number of pyridine rings is 1. The second kappa shape index (κ2) is 5.63. The zero-order chi connectivity index (χ0) is 13.8. The molecular weight excluding hydrogens is 246 g/mol. The van der Waals surface area contributed by atoms with Crippen LogP contribution in [0.1, 0.15) is 12.0 Å². The molecule has 7 heteroatoms. The van der Waals surface area contributed by atoms with E-state index in [1.807, 2.05) is 6.07 Å². The monoisotopic (exact) mass is 261 g/mol. The second-order valence-electron chi connectivity index (χ2n) is 4.72. The van der Waals surface area contributed by atoms with Crippen molar-refractivity contribution in [2.75, 3.05) is 32.0 Å². The summed E-state index contributed by atoms with van der Waals surface area (Å²) in [6, 6.07) is 3.18. The SMILES string of the molecule is CN1CCC(CNc2nccc(C#N)c2[N+](=O)[O-])C1. The molecule has 0 spiro atoms. The Labute approximate surface area is 111 Å². The highest BCUT2D eigenvalue weighted by Crippen LogP contribution is 2.26. The molecule has 1 aliphatic heterocycles. The fourth-order valence-corrected chi connectivity index (χ4v) is 2.29. The molecule has 7 nitrogen and oxygen atoms in total. The first-order chi connectivity index (χ1) is 9.11. The minimum atomic E-state index is -0.561. The Hall–Kier alpha value is -2.20. The molecule has 1 aromatic rings. The number of hydrogen-bond donors (Lipinski definition) is 1. The lowest BCUT2D eigenvalue weighted by Gasteiger charge is -2.12. The van der Waals surface area contributed by atoms with Crippen molar-refractivity contribution in [1.29, 1.82) is 5.26 Å². The van der Waals surface area contributed by atoms with Crippen LogP contribution in [0.2, 0.25) is 0 Å². The Bertz CT molecular complexity index is 525. The molecule has 1 fully saturated rings. The number of hydrogen-bond acceptors (Lipinski definition) is 6. The average molecular weight is 261 g/mol. The fraction of sp³-hybridized carbons (Fsp3) is 0.500. The molecule has 0 amide bonds. The molecule has 2 heterocycles. The highest BCUT2D eigenvalue weighted by molar-refractivity contribution is 5.64. The number of aromatic nitrogens is 1. The van der Waals surface area contributed by atoms with Crippen molar-refractivity contribution in [3.63, 3.8) is 0 Å². The molecule has 1 unspecified atom stereocenters. The number of anilines is 1. The Balaban J connectivity index is 2.12. The van der Waals surface area contributed by atoms with Crippen LogP contribution in [-0.4, -0.2) is 41.5 Å². The highest BCUT2D eigenvalue weighted by atomic mass is 16.6. The van der Waals surface area contributed by atoms with Crippen LogP contribution in [0.5, 0.6) is 0 Å². The van der Waals surface area contributed by atoms with E-state index in [1.54, 1.807) is 0 Å². The van der Waals surface area contributed by atoms with Crippen molar-refractivity contribution >= 4 is 11.5 Å². The van der Waals surface area contributed by atoms with Gasteiger partial charge in [0.15, 0.2) is 0 Å².